The summed E-state index contributed by atoms with van der Waals surface area (Å²) in [4.78, 5) is 19.3. The number of rotatable bonds is 7. The van der Waals surface area contributed by atoms with E-state index in [1.54, 1.807) is 38.1 Å². The monoisotopic (exact) mass is 594 g/mol. The van der Waals surface area contributed by atoms with Crippen LogP contribution in [0.4, 0.5) is 13.2 Å². The summed E-state index contributed by atoms with van der Waals surface area (Å²) in [6, 6.07) is 11.6. The predicted molar refractivity (Wildman–Crippen MR) is 144 cm³/mol. The summed E-state index contributed by atoms with van der Waals surface area (Å²) in [6.45, 7) is 2.97. The standard InChI is InChI=1S/C28H30ClF3N4O3S/c1-25(2)22(23(37)35-11-10-28(31,32)17-35)33-24(34-25)26-14-27(15-26,16-26)36(13-18-8-9-20(29)21(30)12-18)40(38,39)19-6-4-3-5-7-19/h3-9,12,22H,10-11,13-17H2,1-2H3,(H,33,34)/t22-,26?,27?/m0/s1. The lowest BCUT2D eigenvalue weighted by Crippen LogP contribution is -2.78. The van der Waals surface area contributed by atoms with Gasteiger partial charge in [0.05, 0.1) is 22.0 Å². The Balaban J connectivity index is 1.24. The van der Waals surface area contributed by atoms with Crippen molar-refractivity contribution in [2.45, 2.75) is 74.0 Å². The third-order valence-corrected chi connectivity index (χ3v) is 11.1. The average molecular weight is 595 g/mol. The van der Waals surface area contributed by atoms with E-state index in [0.717, 1.165) is 0 Å². The molecular weight excluding hydrogens is 565 g/mol. The van der Waals surface area contributed by atoms with E-state index >= 15 is 0 Å². The van der Waals surface area contributed by atoms with Crippen molar-refractivity contribution in [3.63, 3.8) is 0 Å². The zero-order valence-electron chi connectivity index (χ0n) is 22.1. The summed E-state index contributed by atoms with van der Waals surface area (Å²) in [5.41, 5.74) is -1.50. The second kappa shape index (κ2) is 8.93. The second-order valence-corrected chi connectivity index (χ2v) is 14.4. The number of hydrogen-bond acceptors (Lipinski definition) is 5. The summed E-state index contributed by atoms with van der Waals surface area (Å²) in [5, 5.41) is 3.20. The lowest BCUT2D eigenvalue weighted by Gasteiger charge is -2.72. The first kappa shape index (κ1) is 27.5. The molecule has 1 N–H and O–H groups in total. The summed E-state index contributed by atoms with van der Waals surface area (Å²) < 4.78 is 71.0. The van der Waals surface area contributed by atoms with E-state index in [1.165, 1.54) is 33.5 Å². The smallest absolute Gasteiger partial charge is 0.267 e. The highest BCUT2D eigenvalue weighted by atomic mass is 35.5. The van der Waals surface area contributed by atoms with Gasteiger partial charge in [-0.25, -0.2) is 21.6 Å². The molecule has 1 amide bonds. The molecule has 1 saturated heterocycles. The number of benzene rings is 2. The first-order chi connectivity index (χ1) is 18.7. The van der Waals surface area contributed by atoms with Crippen LogP contribution in [0.2, 0.25) is 5.02 Å². The minimum atomic E-state index is -3.94. The number of carbonyl (C=O) groups excluding carboxylic acids is 1. The number of nitrogens with zero attached hydrogens (tertiary/aromatic N) is 3. The van der Waals surface area contributed by atoms with Crippen molar-refractivity contribution in [3.05, 3.63) is 64.9 Å². The van der Waals surface area contributed by atoms with Gasteiger partial charge in [0.2, 0.25) is 15.9 Å². The molecule has 0 radical (unpaired) electrons. The second-order valence-electron chi connectivity index (χ2n) is 12.2. The van der Waals surface area contributed by atoms with Gasteiger partial charge in [0.1, 0.15) is 17.7 Å². The molecule has 7 rings (SSSR count). The first-order valence-corrected chi connectivity index (χ1v) is 15.0. The van der Waals surface area contributed by atoms with Crippen LogP contribution in [0.5, 0.6) is 0 Å². The normalized spacial score (nSPS) is 29.9. The third-order valence-electron chi connectivity index (χ3n) is 8.79. The van der Waals surface area contributed by atoms with Gasteiger partial charge in [-0.1, -0.05) is 35.9 Å². The molecule has 214 valence electrons. The maximum absolute atomic E-state index is 14.2. The van der Waals surface area contributed by atoms with E-state index in [9.17, 15) is 26.4 Å². The zero-order chi connectivity index (χ0) is 28.7. The fraction of sp³-hybridized carbons (Fsp3) is 0.500. The minimum absolute atomic E-state index is 0.00127. The largest absolute Gasteiger partial charge is 0.360 e. The van der Waals surface area contributed by atoms with Gasteiger partial charge >= 0.3 is 0 Å². The molecule has 1 atom stereocenters. The third kappa shape index (κ3) is 4.32. The highest BCUT2D eigenvalue weighted by Gasteiger charge is 2.75. The Morgan fingerprint density at radius 3 is 2.42 bits per heavy atom. The Bertz CT molecular complexity index is 1500. The number of alkyl halides is 2. The highest BCUT2D eigenvalue weighted by Crippen LogP contribution is 2.71. The summed E-state index contributed by atoms with van der Waals surface area (Å²) in [5.74, 6) is -3.29. The molecule has 0 spiro atoms. The van der Waals surface area contributed by atoms with Gasteiger partial charge in [-0.3, -0.25) is 9.79 Å². The van der Waals surface area contributed by atoms with Gasteiger partial charge in [0, 0.05) is 30.5 Å². The van der Waals surface area contributed by atoms with Crippen molar-refractivity contribution in [1.82, 2.24) is 14.5 Å². The van der Waals surface area contributed by atoms with Gasteiger partial charge in [0.25, 0.3) is 5.92 Å². The van der Waals surface area contributed by atoms with Crippen LogP contribution in [0.3, 0.4) is 0 Å². The topological polar surface area (TPSA) is 82.1 Å². The number of hydrogen-bond donors (Lipinski definition) is 1. The van der Waals surface area contributed by atoms with Gasteiger partial charge < -0.3 is 10.2 Å². The molecule has 2 heterocycles. The summed E-state index contributed by atoms with van der Waals surface area (Å²) in [6.07, 6.45) is 1.08. The molecule has 12 heteroatoms. The fourth-order valence-corrected chi connectivity index (χ4v) is 8.62. The molecule has 2 aromatic carbocycles. The van der Waals surface area contributed by atoms with E-state index in [1.807, 2.05) is 0 Å². The first-order valence-electron chi connectivity index (χ1n) is 13.2. The molecule has 2 aliphatic heterocycles. The van der Waals surface area contributed by atoms with Crippen molar-refractivity contribution in [3.8, 4) is 0 Å². The molecule has 3 aliphatic carbocycles. The van der Waals surface area contributed by atoms with Crippen LogP contribution in [0.1, 0.15) is 45.1 Å². The van der Waals surface area contributed by atoms with Crippen LogP contribution in [0, 0.1) is 11.2 Å². The molecule has 0 unspecified atom stereocenters. The number of amidine groups is 1. The average Bonchev–Trinajstić information content (AvgIpc) is 3.37. The number of halogens is 4. The summed E-state index contributed by atoms with van der Waals surface area (Å²) in [7, 11) is -3.94. The SMILES string of the molecule is CC1(C)N=C(C23CC(N(Cc4ccc(Cl)c(F)c4)S(=O)(=O)c4ccccc4)(C2)C3)N[C@H]1C(=O)N1CCC(F)(F)C1. The Hall–Kier alpha value is -2.63. The highest BCUT2D eigenvalue weighted by molar-refractivity contribution is 7.89. The maximum Gasteiger partial charge on any atom is 0.267 e. The fourth-order valence-electron chi connectivity index (χ4n) is 6.72. The number of sulfonamides is 1. The van der Waals surface area contributed by atoms with Crippen molar-refractivity contribution >= 4 is 33.4 Å². The minimum Gasteiger partial charge on any atom is -0.360 e. The number of carbonyl (C=O) groups is 1. The zero-order valence-corrected chi connectivity index (χ0v) is 23.7. The van der Waals surface area contributed by atoms with Gasteiger partial charge in [-0.15, -0.1) is 0 Å². The van der Waals surface area contributed by atoms with Gasteiger partial charge in [-0.2, -0.15) is 4.31 Å². The van der Waals surface area contributed by atoms with E-state index in [0.29, 0.717) is 30.7 Å². The number of amides is 1. The van der Waals surface area contributed by atoms with Crippen LogP contribution in [0.15, 0.2) is 58.4 Å². The molecule has 40 heavy (non-hydrogen) atoms. The molecule has 4 fully saturated rings. The van der Waals surface area contributed by atoms with Crippen molar-refractivity contribution in [2.75, 3.05) is 13.1 Å². The van der Waals surface area contributed by atoms with E-state index in [2.05, 4.69) is 5.32 Å². The predicted octanol–water partition coefficient (Wildman–Crippen LogP) is 4.61. The van der Waals surface area contributed by atoms with Gasteiger partial charge in [-0.05, 0) is 62.9 Å². The number of likely N-dealkylation sites (tertiary alicyclic amines) is 1. The van der Waals surface area contributed by atoms with Crippen LogP contribution < -0.4 is 5.32 Å². The molecule has 2 aromatic rings. The molecular formula is C28H30ClF3N4O3S. The van der Waals surface area contributed by atoms with E-state index in [-0.39, 0.29) is 29.4 Å². The quantitative estimate of drug-likeness (QED) is 0.508. The molecule has 2 bridgehead atoms. The number of aliphatic imine (C=N–C) groups is 1. The Morgan fingerprint density at radius 1 is 1.15 bits per heavy atom. The van der Waals surface area contributed by atoms with Crippen molar-refractivity contribution in [2.24, 2.45) is 10.4 Å². The molecule has 0 aromatic heterocycles. The van der Waals surface area contributed by atoms with Gasteiger partial charge in [0.15, 0.2) is 0 Å². The van der Waals surface area contributed by atoms with Crippen LogP contribution in [-0.4, -0.2) is 65.5 Å². The van der Waals surface area contributed by atoms with E-state index < -0.39 is 56.7 Å². The lowest BCUT2D eigenvalue weighted by atomic mass is 9.38. The maximum atomic E-state index is 14.2. The molecule has 3 saturated carbocycles. The molecule has 5 aliphatic rings. The van der Waals surface area contributed by atoms with E-state index in [4.69, 9.17) is 16.6 Å². The van der Waals surface area contributed by atoms with Crippen molar-refractivity contribution < 1.29 is 26.4 Å². The molecule has 7 nitrogen and oxygen atoms in total. The number of nitrogens with one attached hydrogen (secondary N) is 1. The Morgan fingerprint density at radius 2 is 1.82 bits per heavy atom. The van der Waals surface area contributed by atoms with Crippen LogP contribution >= 0.6 is 11.6 Å². The Kier molecular flexibility index (Phi) is 6.15. The van der Waals surface area contributed by atoms with Crippen LogP contribution in [-0.2, 0) is 21.4 Å². The Labute approximate surface area is 236 Å². The van der Waals surface area contributed by atoms with Crippen molar-refractivity contribution in [1.29, 1.82) is 0 Å². The van der Waals surface area contributed by atoms with Crippen LogP contribution in [0.25, 0.3) is 0 Å². The lowest BCUT2D eigenvalue weighted by molar-refractivity contribution is -0.151. The summed E-state index contributed by atoms with van der Waals surface area (Å²) >= 11 is 5.85.